The highest BCUT2D eigenvalue weighted by molar-refractivity contribution is 7.15. The maximum absolute atomic E-state index is 4.59. The topological polar surface area (TPSA) is 48.1 Å². The van der Waals surface area contributed by atoms with E-state index in [-0.39, 0.29) is 0 Å². The van der Waals surface area contributed by atoms with Crippen molar-refractivity contribution in [3.05, 3.63) is 29.3 Å². The Bertz CT molecular complexity index is 561. The maximum Gasteiger partial charge on any atom is 0.185 e. The van der Waals surface area contributed by atoms with Crippen LogP contribution in [0.1, 0.15) is 43.3 Å². The maximum atomic E-state index is 4.59. The summed E-state index contributed by atoms with van der Waals surface area (Å²) in [6.45, 7) is 9.69. The van der Waals surface area contributed by atoms with Gasteiger partial charge in [-0.05, 0) is 33.2 Å². The molecule has 120 valence electrons. The third-order valence-corrected chi connectivity index (χ3v) is 5.41. The van der Waals surface area contributed by atoms with Gasteiger partial charge >= 0.3 is 0 Å². The molecular formula is C16H25N5S. The lowest BCUT2D eigenvalue weighted by Gasteiger charge is -2.31. The van der Waals surface area contributed by atoms with Gasteiger partial charge in [0.1, 0.15) is 5.82 Å². The van der Waals surface area contributed by atoms with Crippen LogP contribution in [0.15, 0.2) is 18.6 Å². The van der Waals surface area contributed by atoms with E-state index in [9.17, 15) is 0 Å². The first-order chi connectivity index (χ1) is 10.8. The molecule has 1 fully saturated rings. The molecule has 0 radical (unpaired) electrons. The molecule has 3 heterocycles. The van der Waals surface area contributed by atoms with Gasteiger partial charge in [-0.3, -0.25) is 4.90 Å². The predicted molar refractivity (Wildman–Crippen MR) is 91.5 cm³/mol. The highest BCUT2D eigenvalue weighted by Crippen LogP contribution is 2.28. The lowest BCUT2D eigenvalue weighted by molar-refractivity contribution is 0.198. The van der Waals surface area contributed by atoms with Crippen LogP contribution in [0, 0.1) is 0 Å². The molecule has 2 aromatic heterocycles. The molecule has 0 amide bonds. The zero-order valence-electron chi connectivity index (χ0n) is 13.5. The summed E-state index contributed by atoms with van der Waals surface area (Å²) < 4.78 is 0. The van der Waals surface area contributed by atoms with Crippen molar-refractivity contribution >= 4 is 16.5 Å². The number of H-pyrrole nitrogens is 1. The van der Waals surface area contributed by atoms with Crippen LogP contribution in [0.5, 0.6) is 0 Å². The molecule has 1 atom stereocenters. The standard InChI is InChI=1S/C16H25N5S/c1-3-21(4-2)16-19-10-14(22-16)12-20-9-5-6-13(11-20)15-17-7-8-18-15/h7-8,10,13H,3-6,9,11-12H2,1-2H3,(H,17,18)/t13-/m0/s1. The number of nitrogens with zero attached hydrogens (tertiary/aromatic N) is 4. The lowest BCUT2D eigenvalue weighted by Crippen LogP contribution is -2.34. The monoisotopic (exact) mass is 319 g/mol. The molecule has 0 spiro atoms. The van der Waals surface area contributed by atoms with Gasteiger partial charge in [-0.1, -0.05) is 0 Å². The van der Waals surface area contributed by atoms with Crippen molar-refractivity contribution in [3.63, 3.8) is 0 Å². The minimum atomic E-state index is 0.541. The molecule has 2 aromatic rings. The van der Waals surface area contributed by atoms with Crippen molar-refractivity contribution in [3.8, 4) is 0 Å². The average molecular weight is 319 g/mol. The first kappa shape index (κ1) is 15.5. The summed E-state index contributed by atoms with van der Waals surface area (Å²) in [6, 6.07) is 0. The molecule has 1 aliphatic rings. The summed E-state index contributed by atoms with van der Waals surface area (Å²) in [4.78, 5) is 18.5. The third kappa shape index (κ3) is 3.50. The van der Waals surface area contributed by atoms with E-state index >= 15 is 0 Å². The van der Waals surface area contributed by atoms with Gasteiger partial charge in [-0.15, -0.1) is 11.3 Å². The second-order valence-corrected chi connectivity index (χ2v) is 6.92. The zero-order valence-corrected chi connectivity index (χ0v) is 14.3. The van der Waals surface area contributed by atoms with Gasteiger partial charge in [0, 0.05) is 55.6 Å². The molecular weight excluding hydrogens is 294 g/mol. The largest absolute Gasteiger partial charge is 0.349 e. The first-order valence-electron chi connectivity index (χ1n) is 8.21. The normalized spacial score (nSPS) is 19.5. The molecule has 1 saturated heterocycles. The molecule has 6 heteroatoms. The molecule has 0 saturated carbocycles. The van der Waals surface area contributed by atoms with Gasteiger partial charge < -0.3 is 9.88 Å². The fourth-order valence-corrected chi connectivity index (χ4v) is 4.23. The van der Waals surface area contributed by atoms with E-state index in [0.29, 0.717) is 5.92 Å². The number of imidazole rings is 1. The molecule has 22 heavy (non-hydrogen) atoms. The summed E-state index contributed by atoms with van der Waals surface area (Å²) in [5.74, 6) is 1.68. The van der Waals surface area contributed by atoms with Crippen LogP contribution in [-0.4, -0.2) is 46.0 Å². The minimum absolute atomic E-state index is 0.541. The van der Waals surface area contributed by atoms with Crippen molar-refractivity contribution in [1.82, 2.24) is 19.9 Å². The van der Waals surface area contributed by atoms with Gasteiger partial charge in [-0.2, -0.15) is 0 Å². The first-order valence-corrected chi connectivity index (χ1v) is 9.03. The van der Waals surface area contributed by atoms with Gasteiger partial charge in [0.2, 0.25) is 0 Å². The number of hydrogen-bond acceptors (Lipinski definition) is 5. The molecule has 1 N–H and O–H groups in total. The number of likely N-dealkylation sites (tertiary alicyclic amines) is 1. The third-order valence-electron chi connectivity index (χ3n) is 4.37. The second kappa shape index (κ2) is 7.24. The van der Waals surface area contributed by atoms with Crippen molar-refractivity contribution in [2.45, 2.75) is 39.2 Å². The molecule has 0 aromatic carbocycles. The Kier molecular flexibility index (Phi) is 5.10. The van der Waals surface area contributed by atoms with E-state index in [1.807, 2.05) is 23.7 Å². The van der Waals surface area contributed by atoms with E-state index in [0.717, 1.165) is 37.1 Å². The number of thiazole rings is 1. The SMILES string of the molecule is CCN(CC)c1ncc(CN2CCC[C@H](c3ncc[nH]3)C2)s1. The number of aromatic nitrogens is 3. The summed E-state index contributed by atoms with van der Waals surface area (Å²) in [5.41, 5.74) is 0. The van der Waals surface area contributed by atoms with Crippen molar-refractivity contribution in [1.29, 1.82) is 0 Å². The van der Waals surface area contributed by atoms with E-state index in [4.69, 9.17) is 0 Å². The van der Waals surface area contributed by atoms with Gasteiger partial charge in [0.25, 0.3) is 0 Å². The summed E-state index contributed by atoms with van der Waals surface area (Å²) in [6.07, 6.45) is 8.31. The highest BCUT2D eigenvalue weighted by atomic mass is 32.1. The van der Waals surface area contributed by atoms with Crippen molar-refractivity contribution in [2.24, 2.45) is 0 Å². The Balaban J connectivity index is 1.61. The van der Waals surface area contributed by atoms with E-state index in [1.165, 1.54) is 24.3 Å². The average Bonchev–Trinajstić information content (AvgIpc) is 3.21. The van der Waals surface area contributed by atoms with Crippen LogP contribution in [0.3, 0.4) is 0 Å². The number of rotatable bonds is 6. The van der Waals surface area contributed by atoms with Crippen LogP contribution < -0.4 is 4.90 Å². The fourth-order valence-electron chi connectivity index (χ4n) is 3.15. The zero-order chi connectivity index (χ0) is 15.4. The van der Waals surface area contributed by atoms with E-state index in [1.54, 1.807) is 0 Å². The lowest BCUT2D eigenvalue weighted by atomic mass is 9.97. The predicted octanol–water partition coefficient (Wildman–Crippen LogP) is 3.09. The Morgan fingerprint density at radius 3 is 2.95 bits per heavy atom. The quantitative estimate of drug-likeness (QED) is 0.889. The van der Waals surface area contributed by atoms with Crippen LogP contribution in [0.2, 0.25) is 0 Å². The number of piperidine rings is 1. The molecule has 3 rings (SSSR count). The van der Waals surface area contributed by atoms with Crippen molar-refractivity contribution < 1.29 is 0 Å². The number of hydrogen-bond donors (Lipinski definition) is 1. The van der Waals surface area contributed by atoms with E-state index in [2.05, 4.69) is 44.8 Å². The molecule has 0 bridgehead atoms. The molecule has 0 unspecified atom stereocenters. The molecule has 5 nitrogen and oxygen atoms in total. The second-order valence-electron chi connectivity index (χ2n) is 5.83. The fraction of sp³-hybridized carbons (Fsp3) is 0.625. The number of aromatic amines is 1. The van der Waals surface area contributed by atoms with E-state index < -0.39 is 0 Å². The summed E-state index contributed by atoms with van der Waals surface area (Å²) >= 11 is 1.83. The Morgan fingerprint density at radius 1 is 1.36 bits per heavy atom. The Morgan fingerprint density at radius 2 is 2.23 bits per heavy atom. The molecule has 0 aliphatic carbocycles. The number of nitrogens with one attached hydrogen (secondary N) is 1. The van der Waals surface area contributed by atoms with Gasteiger partial charge in [0.05, 0.1) is 0 Å². The smallest absolute Gasteiger partial charge is 0.185 e. The van der Waals surface area contributed by atoms with Gasteiger partial charge in [-0.25, -0.2) is 9.97 Å². The minimum Gasteiger partial charge on any atom is -0.349 e. The summed E-state index contributed by atoms with van der Waals surface area (Å²) in [5, 5.41) is 1.15. The molecule has 1 aliphatic heterocycles. The highest BCUT2D eigenvalue weighted by Gasteiger charge is 2.23. The van der Waals surface area contributed by atoms with Gasteiger partial charge in [0.15, 0.2) is 5.13 Å². The number of anilines is 1. The van der Waals surface area contributed by atoms with Crippen LogP contribution in [0.4, 0.5) is 5.13 Å². The Labute approximate surface area is 136 Å². The Hall–Kier alpha value is -1.40. The van der Waals surface area contributed by atoms with Crippen LogP contribution in [-0.2, 0) is 6.54 Å². The van der Waals surface area contributed by atoms with Crippen molar-refractivity contribution in [2.75, 3.05) is 31.1 Å². The summed E-state index contributed by atoms with van der Waals surface area (Å²) in [7, 11) is 0. The van der Waals surface area contributed by atoms with Crippen LogP contribution in [0.25, 0.3) is 0 Å². The van der Waals surface area contributed by atoms with Crippen LogP contribution >= 0.6 is 11.3 Å².